The first-order valence-electron chi connectivity index (χ1n) is 7.17. The van der Waals surface area contributed by atoms with E-state index in [1.165, 1.54) is 0 Å². The zero-order valence-electron chi connectivity index (χ0n) is 11.8. The Bertz CT molecular complexity index is 571. The minimum Gasteiger partial charge on any atom is -0.328 e. The summed E-state index contributed by atoms with van der Waals surface area (Å²) in [5.74, 6) is 0. The highest BCUT2D eigenvalue weighted by molar-refractivity contribution is 6.31. The van der Waals surface area contributed by atoms with Gasteiger partial charge < -0.3 is 11.5 Å². The van der Waals surface area contributed by atoms with Crippen LogP contribution in [0, 0.1) is 0 Å². The molecular weight excluding hydrogens is 270 g/mol. The van der Waals surface area contributed by atoms with Crippen molar-refractivity contribution in [3.63, 3.8) is 0 Å². The van der Waals surface area contributed by atoms with Gasteiger partial charge in [0.1, 0.15) is 0 Å². The Morgan fingerprint density at radius 2 is 2.00 bits per heavy atom. The van der Waals surface area contributed by atoms with Crippen molar-refractivity contribution in [3.8, 4) is 0 Å². The van der Waals surface area contributed by atoms with Gasteiger partial charge in [0.25, 0.3) is 0 Å². The normalized spacial score (nSPS) is 14.4. The molecule has 0 radical (unpaired) electrons. The summed E-state index contributed by atoms with van der Waals surface area (Å²) in [4.78, 5) is 4.35. The Morgan fingerprint density at radius 3 is 2.75 bits per heavy atom. The van der Waals surface area contributed by atoms with Crippen LogP contribution in [-0.2, 0) is 0 Å². The van der Waals surface area contributed by atoms with E-state index in [-0.39, 0.29) is 12.1 Å². The molecule has 4 N–H and O–H groups in total. The largest absolute Gasteiger partial charge is 0.328 e. The van der Waals surface area contributed by atoms with Gasteiger partial charge in [-0.3, -0.25) is 4.98 Å². The Morgan fingerprint density at radius 1 is 1.20 bits per heavy atom. The van der Waals surface area contributed by atoms with Crippen molar-refractivity contribution in [2.75, 3.05) is 0 Å². The van der Waals surface area contributed by atoms with Gasteiger partial charge in [0.05, 0.1) is 5.52 Å². The van der Waals surface area contributed by atoms with E-state index in [4.69, 9.17) is 23.1 Å². The Labute approximate surface area is 125 Å². The molecule has 0 fully saturated rings. The standard InChI is InChI=1S/C16H22ClN3/c1-2-12(18)4-3-5-15(19)13-8-9-20-16-10-11(17)6-7-14(13)16/h6-10,12,15H,2-5,18-19H2,1H3. The molecule has 2 atom stereocenters. The third-order valence-corrected chi connectivity index (χ3v) is 3.99. The lowest BCUT2D eigenvalue weighted by molar-refractivity contribution is 0.519. The molecule has 0 aliphatic carbocycles. The van der Waals surface area contributed by atoms with Gasteiger partial charge in [0.15, 0.2) is 0 Å². The third kappa shape index (κ3) is 3.69. The van der Waals surface area contributed by atoms with Gasteiger partial charge in [-0.2, -0.15) is 0 Å². The minimum absolute atomic E-state index is 0.0192. The van der Waals surface area contributed by atoms with Crippen LogP contribution in [0.2, 0.25) is 5.02 Å². The van der Waals surface area contributed by atoms with Gasteiger partial charge in [-0.05, 0) is 43.0 Å². The van der Waals surface area contributed by atoms with E-state index >= 15 is 0 Å². The van der Waals surface area contributed by atoms with E-state index in [0.29, 0.717) is 5.02 Å². The van der Waals surface area contributed by atoms with Crippen molar-refractivity contribution in [2.24, 2.45) is 11.5 Å². The average Bonchev–Trinajstić information content (AvgIpc) is 2.45. The molecule has 0 bridgehead atoms. The first-order valence-corrected chi connectivity index (χ1v) is 7.55. The van der Waals surface area contributed by atoms with Crippen LogP contribution < -0.4 is 11.5 Å². The molecule has 0 amide bonds. The van der Waals surface area contributed by atoms with Crippen LogP contribution >= 0.6 is 11.6 Å². The maximum atomic E-state index is 6.33. The molecule has 1 aromatic carbocycles. The number of pyridine rings is 1. The lowest BCUT2D eigenvalue weighted by Crippen LogP contribution is -2.19. The first kappa shape index (κ1) is 15.2. The van der Waals surface area contributed by atoms with Crippen molar-refractivity contribution in [3.05, 3.63) is 41.0 Å². The molecule has 20 heavy (non-hydrogen) atoms. The molecule has 0 aliphatic heterocycles. The fraction of sp³-hybridized carbons (Fsp3) is 0.438. The molecule has 0 spiro atoms. The van der Waals surface area contributed by atoms with Gasteiger partial charge in [0, 0.05) is 28.7 Å². The molecule has 4 heteroatoms. The molecular formula is C16H22ClN3. The molecule has 108 valence electrons. The molecule has 3 nitrogen and oxygen atoms in total. The quantitative estimate of drug-likeness (QED) is 0.851. The lowest BCUT2D eigenvalue weighted by Gasteiger charge is -2.15. The summed E-state index contributed by atoms with van der Waals surface area (Å²) < 4.78 is 0. The van der Waals surface area contributed by atoms with Gasteiger partial charge in [-0.25, -0.2) is 0 Å². The van der Waals surface area contributed by atoms with E-state index in [9.17, 15) is 0 Å². The number of hydrogen-bond donors (Lipinski definition) is 2. The van der Waals surface area contributed by atoms with Crippen molar-refractivity contribution in [2.45, 2.75) is 44.7 Å². The van der Waals surface area contributed by atoms with E-state index < -0.39 is 0 Å². The molecule has 2 unspecified atom stereocenters. The highest BCUT2D eigenvalue weighted by Crippen LogP contribution is 2.26. The summed E-state index contributed by atoms with van der Waals surface area (Å²) in [6.45, 7) is 2.12. The van der Waals surface area contributed by atoms with Gasteiger partial charge >= 0.3 is 0 Å². The molecule has 2 aromatic rings. The summed E-state index contributed by atoms with van der Waals surface area (Å²) in [6.07, 6.45) is 5.83. The van der Waals surface area contributed by atoms with Crippen LogP contribution in [0.4, 0.5) is 0 Å². The van der Waals surface area contributed by atoms with Crippen LogP contribution in [0.25, 0.3) is 10.9 Å². The maximum absolute atomic E-state index is 6.33. The monoisotopic (exact) mass is 291 g/mol. The topological polar surface area (TPSA) is 64.9 Å². The summed E-state index contributed by atoms with van der Waals surface area (Å²) >= 11 is 6.00. The number of rotatable bonds is 6. The van der Waals surface area contributed by atoms with Gasteiger partial charge in [0.2, 0.25) is 0 Å². The maximum Gasteiger partial charge on any atom is 0.0720 e. The molecule has 0 aliphatic rings. The predicted molar refractivity (Wildman–Crippen MR) is 85.8 cm³/mol. The molecule has 2 rings (SSSR count). The SMILES string of the molecule is CCC(N)CCCC(N)c1ccnc2cc(Cl)ccc12. The van der Waals surface area contributed by atoms with E-state index in [0.717, 1.165) is 42.1 Å². The Kier molecular flexibility index (Phi) is 5.35. The van der Waals surface area contributed by atoms with E-state index in [1.807, 2.05) is 24.3 Å². The fourth-order valence-electron chi connectivity index (χ4n) is 2.43. The number of nitrogens with zero attached hydrogens (tertiary/aromatic N) is 1. The molecule has 0 saturated heterocycles. The van der Waals surface area contributed by atoms with Gasteiger partial charge in [-0.1, -0.05) is 31.0 Å². The highest BCUT2D eigenvalue weighted by atomic mass is 35.5. The fourth-order valence-corrected chi connectivity index (χ4v) is 2.59. The van der Waals surface area contributed by atoms with Crippen molar-refractivity contribution in [1.82, 2.24) is 4.98 Å². The van der Waals surface area contributed by atoms with Crippen LogP contribution in [-0.4, -0.2) is 11.0 Å². The van der Waals surface area contributed by atoms with Crippen LogP contribution in [0.3, 0.4) is 0 Å². The summed E-state index contributed by atoms with van der Waals surface area (Å²) in [5, 5.41) is 1.79. The lowest BCUT2D eigenvalue weighted by atomic mass is 9.97. The summed E-state index contributed by atoms with van der Waals surface area (Å²) in [6, 6.07) is 8.06. The van der Waals surface area contributed by atoms with Crippen molar-refractivity contribution >= 4 is 22.5 Å². The van der Waals surface area contributed by atoms with Gasteiger partial charge in [-0.15, -0.1) is 0 Å². The minimum atomic E-state index is 0.0192. The molecule has 1 aromatic heterocycles. The second-order valence-corrected chi connectivity index (χ2v) is 5.70. The smallest absolute Gasteiger partial charge is 0.0720 e. The number of aromatic nitrogens is 1. The van der Waals surface area contributed by atoms with Crippen LogP contribution in [0.15, 0.2) is 30.5 Å². The third-order valence-electron chi connectivity index (χ3n) is 3.75. The van der Waals surface area contributed by atoms with Crippen molar-refractivity contribution in [1.29, 1.82) is 0 Å². The second kappa shape index (κ2) is 7.02. The number of benzene rings is 1. The average molecular weight is 292 g/mol. The second-order valence-electron chi connectivity index (χ2n) is 5.27. The van der Waals surface area contributed by atoms with Crippen LogP contribution in [0.1, 0.15) is 44.2 Å². The number of fused-ring (bicyclic) bond motifs is 1. The van der Waals surface area contributed by atoms with E-state index in [1.54, 1.807) is 6.20 Å². The summed E-state index contributed by atoms with van der Waals surface area (Å²) in [7, 11) is 0. The zero-order valence-corrected chi connectivity index (χ0v) is 12.6. The van der Waals surface area contributed by atoms with Crippen molar-refractivity contribution < 1.29 is 0 Å². The number of hydrogen-bond acceptors (Lipinski definition) is 3. The van der Waals surface area contributed by atoms with E-state index in [2.05, 4.69) is 11.9 Å². The predicted octanol–water partition coefficient (Wildman–Crippen LogP) is 3.80. The molecule has 0 saturated carbocycles. The Balaban J connectivity index is 2.11. The highest BCUT2D eigenvalue weighted by Gasteiger charge is 2.11. The number of halogens is 1. The first-order chi connectivity index (χ1) is 9.61. The molecule has 1 heterocycles. The Hall–Kier alpha value is -1.16. The summed E-state index contributed by atoms with van der Waals surface area (Å²) in [5.41, 5.74) is 14.3. The van der Waals surface area contributed by atoms with Crippen LogP contribution in [0.5, 0.6) is 0 Å². The number of nitrogens with two attached hydrogens (primary N) is 2. The zero-order chi connectivity index (χ0) is 14.5.